The van der Waals surface area contributed by atoms with Crippen LogP contribution >= 0.6 is 0 Å². The molecule has 1 aliphatic rings. The van der Waals surface area contributed by atoms with Crippen molar-refractivity contribution in [3.63, 3.8) is 0 Å². The Bertz CT molecular complexity index is 831. The zero-order valence-electron chi connectivity index (χ0n) is 14.9. The predicted molar refractivity (Wildman–Crippen MR) is 104 cm³/mol. The molecular formula is C21H22N4O. The lowest BCUT2D eigenvalue weighted by molar-refractivity contribution is -0.112. The maximum Gasteiger partial charge on any atom is 0.267 e. The molecule has 0 aromatic heterocycles. The highest BCUT2D eigenvalue weighted by Gasteiger charge is 2.17. The van der Waals surface area contributed by atoms with E-state index in [-0.39, 0.29) is 11.5 Å². The molecular weight excluding hydrogens is 324 g/mol. The predicted octanol–water partition coefficient (Wildman–Crippen LogP) is 3.16. The quantitative estimate of drug-likeness (QED) is 0.682. The topological polar surface area (TPSA) is 59.4 Å². The Hall–Kier alpha value is -3.26. The van der Waals surface area contributed by atoms with Crippen LogP contribution in [0.25, 0.3) is 0 Å². The Balaban J connectivity index is 1.62. The number of nitrogens with one attached hydrogen (secondary N) is 1. The molecule has 2 aromatic rings. The lowest BCUT2D eigenvalue weighted by Gasteiger charge is -2.35. The molecule has 1 amide bonds. The van der Waals surface area contributed by atoms with Gasteiger partial charge in [-0.3, -0.25) is 4.79 Å². The first-order valence-corrected chi connectivity index (χ1v) is 8.70. The van der Waals surface area contributed by atoms with Gasteiger partial charge < -0.3 is 15.1 Å². The molecule has 0 spiro atoms. The number of hydrogen-bond acceptors (Lipinski definition) is 4. The van der Waals surface area contributed by atoms with Gasteiger partial charge in [-0.05, 0) is 30.7 Å². The number of amides is 1. The van der Waals surface area contributed by atoms with E-state index in [0.29, 0.717) is 0 Å². The molecule has 1 aliphatic heterocycles. The van der Waals surface area contributed by atoms with E-state index in [1.54, 1.807) is 6.20 Å². The van der Waals surface area contributed by atoms with Crippen molar-refractivity contribution in [3.8, 4) is 6.07 Å². The summed E-state index contributed by atoms with van der Waals surface area (Å²) in [6.07, 6.45) is 1.68. The summed E-state index contributed by atoms with van der Waals surface area (Å²) in [4.78, 5) is 16.8. The molecule has 0 bridgehead atoms. The van der Waals surface area contributed by atoms with E-state index >= 15 is 0 Å². The van der Waals surface area contributed by atoms with Gasteiger partial charge >= 0.3 is 0 Å². The molecule has 3 rings (SSSR count). The molecule has 1 fully saturated rings. The van der Waals surface area contributed by atoms with Gasteiger partial charge in [-0.15, -0.1) is 0 Å². The molecule has 0 saturated carbocycles. The molecule has 5 heteroatoms. The average molecular weight is 346 g/mol. The molecule has 1 heterocycles. The number of piperazine rings is 1. The minimum atomic E-state index is -0.368. The molecule has 1 saturated heterocycles. The Kier molecular flexibility index (Phi) is 5.55. The van der Waals surface area contributed by atoms with Crippen molar-refractivity contribution < 1.29 is 4.79 Å². The third kappa shape index (κ3) is 4.22. The summed E-state index contributed by atoms with van der Waals surface area (Å²) in [5.41, 5.74) is 3.03. The first-order chi connectivity index (χ1) is 12.7. The van der Waals surface area contributed by atoms with Gasteiger partial charge in [-0.2, -0.15) is 5.26 Å². The zero-order chi connectivity index (χ0) is 18.4. The summed E-state index contributed by atoms with van der Waals surface area (Å²) in [5.74, 6) is -0.368. The van der Waals surface area contributed by atoms with Gasteiger partial charge in [-0.1, -0.05) is 36.4 Å². The molecule has 1 N–H and O–H groups in total. The molecule has 0 atom stereocenters. The van der Waals surface area contributed by atoms with Crippen LogP contribution in [0.4, 0.5) is 11.4 Å². The summed E-state index contributed by atoms with van der Waals surface area (Å²) >= 11 is 0. The van der Waals surface area contributed by atoms with Crippen molar-refractivity contribution in [2.45, 2.75) is 6.92 Å². The van der Waals surface area contributed by atoms with Crippen molar-refractivity contribution in [1.82, 2.24) is 4.90 Å². The van der Waals surface area contributed by atoms with Crippen LogP contribution in [0.15, 0.2) is 66.4 Å². The molecule has 2 aromatic carbocycles. The zero-order valence-corrected chi connectivity index (χ0v) is 14.9. The summed E-state index contributed by atoms with van der Waals surface area (Å²) in [5, 5.41) is 12.2. The smallest absolute Gasteiger partial charge is 0.267 e. The number of hydrogen-bond donors (Lipinski definition) is 1. The fourth-order valence-electron chi connectivity index (χ4n) is 2.97. The minimum Gasteiger partial charge on any atom is -0.373 e. The summed E-state index contributed by atoms with van der Waals surface area (Å²) in [6, 6.07) is 19.8. The van der Waals surface area contributed by atoms with Crippen molar-refractivity contribution >= 4 is 17.3 Å². The van der Waals surface area contributed by atoms with Crippen molar-refractivity contribution in [3.05, 3.63) is 71.9 Å². The van der Waals surface area contributed by atoms with Crippen LogP contribution in [0, 0.1) is 18.3 Å². The molecule has 0 aliphatic carbocycles. The SMILES string of the molecule is Cc1ccccc1NC(=O)/C(C#N)=C\N1CCN(c2ccccc2)CC1. The van der Waals surface area contributed by atoms with Crippen LogP contribution in [0.3, 0.4) is 0 Å². The highest BCUT2D eigenvalue weighted by molar-refractivity contribution is 6.06. The van der Waals surface area contributed by atoms with Gasteiger partial charge in [-0.25, -0.2) is 0 Å². The number of rotatable bonds is 4. The van der Waals surface area contributed by atoms with E-state index in [0.717, 1.165) is 37.4 Å². The van der Waals surface area contributed by atoms with Gasteiger partial charge in [0, 0.05) is 43.8 Å². The van der Waals surface area contributed by atoms with Crippen LogP contribution in [0.5, 0.6) is 0 Å². The number of anilines is 2. The summed E-state index contributed by atoms with van der Waals surface area (Å²) < 4.78 is 0. The van der Waals surface area contributed by atoms with E-state index in [9.17, 15) is 10.1 Å². The van der Waals surface area contributed by atoms with Crippen LogP contribution in [0.1, 0.15) is 5.56 Å². The van der Waals surface area contributed by atoms with Crippen molar-refractivity contribution in [2.24, 2.45) is 0 Å². The maximum absolute atomic E-state index is 12.4. The number of nitrogens with zero attached hydrogens (tertiary/aromatic N) is 3. The second-order valence-electron chi connectivity index (χ2n) is 6.28. The van der Waals surface area contributed by atoms with Crippen LogP contribution in [0.2, 0.25) is 0 Å². The average Bonchev–Trinajstić information content (AvgIpc) is 2.69. The van der Waals surface area contributed by atoms with Crippen LogP contribution in [-0.2, 0) is 4.79 Å². The summed E-state index contributed by atoms with van der Waals surface area (Å²) in [6.45, 7) is 5.20. The van der Waals surface area contributed by atoms with Crippen molar-refractivity contribution in [1.29, 1.82) is 5.26 Å². The van der Waals surface area contributed by atoms with Crippen LogP contribution in [-0.4, -0.2) is 37.0 Å². The van der Waals surface area contributed by atoms with E-state index in [1.165, 1.54) is 5.69 Å². The van der Waals surface area contributed by atoms with Gasteiger partial charge in [0.2, 0.25) is 0 Å². The standard InChI is InChI=1S/C21H22N4O/c1-17-7-5-6-10-20(17)23-21(26)18(15-22)16-24-11-13-25(14-12-24)19-8-3-2-4-9-19/h2-10,16H,11-14H2,1H3,(H,23,26)/b18-16-. The first-order valence-electron chi connectivity index (χ1n) is 8.70. The third-order valence-electron chi connectivity index (χ3n) is 4.51. The molecule has 0 radical (unpaired) electrons. The Morgan fingerprint density at radius 2 is 1.69 bits per heavy atom. The lowest BCUT2D eigenvalue weighted by Crippen LogP contribution is -2.44. The van der Waals surface area contributed by atoms with Crippen molar-refractivity contribution in [2.75, 3.05) is 36.4 Å². The summed E-state index contributed by atoms with van der Waals surface area (Å²) in [7, 11) is 0. The van der Waals surface area contributed by atoms with E-state index in [1.807, 2.05) is 60.4 Å². The van der Waals surface area contributed by atoms with Gasteiger partial charge in [0.1, 0.15) is 11.6 Å². The number of carbonyl (C=O) groups excluding carboxylic acids is 1. The van der Waals surface area contributed by atoms with Gasteiger partial charge in [0.15, 0.2) is 0 Å². The second kappa shape index (κ2) is 8.21. The molecule has 26 heavy (non-hydrogen) atoms. The Morgan fingerprint density at radius 1 is 1.04 bits per heavy atom. The highest BCUT2D eigenvalue weighted by Crippen LogP contribution is 2.17. The number of benzene rings is 2. The number of carbonyl (C=O) groups is 1. The Morgan fingerprint density at radius 3 is 2.35 bits per heavy atom. The van der Waals surface area contributed by atoms with E-state index in [4.69, 9.17) is 0 Å². The van der Waals surface area contributed by atoms with Crippen LogP contribution < -0.4 is 10.2 Å². The molecule has 5 nitrogen and oxygen atoms in total. The monoisotopic (exact) mass is 346 g/mol. The normalized spacial score (nSPS) is 14.7. The fraction of sp³-hybridized carbons (Fsp3) is 0.238. The second-order valence-corrected chi connectivity index (χ2v) is 6.28. The largest absolute Gasteiger partial charge is 0.373 e. The lowest BCUT2D eigenvalue weighted by atomic mass is 10.2. The molecule has 0 unspecified atom stereocenters. The minimum absolute atomic E-state index is 0.126. The maximum atomic E-state index is 12.4. The van der Waals surface area contributed by atoms with E-state index < -0.39 is 0 Å². The van der Waals surface area contributed by atoms with E-state index in [2.05, 4.69) is 22.3 Å². The van der Waals surface area contributed by atoms with Gasteiger partial charge in [0.05, 0.1) is 0 Å². The number of aryl methyl sites for hydroxylation is 1. The first kappa shape index (κ1) is 17.6. The molecule has 132 valence electrons. The third-order valence-corrected chi connectivity index (χ3v) is 4.51. The highest BCUT2D eigenvalue weighted by atomic mass is 16.1. The number of nitriles is 1. The Labute approximate surface area is 154 Å². The van der Waals surface area contributed by atoms with Gasteiger partial charge in [0.25, 0.3) is 5.91 Å². The fourth-order valence-corrected chi connectivity index (χ4v) is 2.97. The number of para-hydroxylation sites is 2.